The first-order valence-corrected chi connectivity index (χ1v) is 9.25. The summed E-state index contributed by atoms with van der Waals surface area (Å²) in [4.78, 5) is 34.6. The van der Waals surface area contributed by atoms with Gasteiger partial charge in [-0.05, 0) is 38.4 Å². The summed E-state index contributed by atoms with van der Waals surface area (Å²) in [6, 6.07) is 6.00. The van der Waals surface area contributed by atoms with Gasteiger partial charge < -0.3 is 14.7 Å². The molecule has 2 aromatic rings. The number of thiazole rings is 1. The number of carbonyl (C=O) groups is 2. The van der Waals surface area contributed by atoms with E-state index in [0.717, 1.165) is 12.1 Å². The zero-order valence-corrected chi connectivity index (χ0v) is 15.6. The molecule has 1 aromatic carbocycles. The summed E-state index contributed by atoms with van der Waals surface area (Å²) < 4.78 is 13.0. The maximum absolute atomic E-state index is 13.0. The number of piperazine rings is 1. The molecule has 1 saturated heterocycles. The molecule has 0 atom stereocenters. The van der Waals surface area contributed by atoms with Crippen molar-refractivity contribution in [3.63, 3.8) is 0 Å². The Morgan fingerprint density at radius 2 is 2.00 bits per heavy atom. The van der Waals surface area contributed by atoms with Gasteiger partial charge in [0.1, 0.15) is 23.1 Å². The minimum Gasteiger partial charge on any atom is -0.338 e. The molecule has 2 heterocycles. The molecule has 26 heavy (non-hydrogen) atoms. The molecule has 0 radical (unpaired) electrons. The molecular formula is C18H21FN4O2S. The van der Waals surface area contributed by atoms with E-state index in [1.165, 1.54) is 28.4 Å². The number of nitrogens with zero attached hydrogens (tertiary/aromatic N) is 4. The van der Waals surface area contributed by atoms with Gasteiger partial charge in [0.05, 0.1) is 0 Å². The molecule has 1 aliphatic rings. The maximum Gasteiger partial charge on any atom is 0.273 e. The number of benzene rings is 1. The van der Waals surface area contributed by atoms with Crippen LogP contribution in [0.25, 0.3) is 10.6 Å². The molecule has 8 heteroatoms. The average molecular weight is 376 g/mol. The number of rotatable bonds is 5. The van der Waals surface area contributed by atoms with E-state index in [-0.39, 0.29) is 24.2 Å². The van der Waals surface area contributed by atoms with E-state index in [1.807, 2.05) is 19.0 Å². The van der Waals surface area contributed by atoms with Gasteiger partial charge in [-0.1, -0.05) is 0 Å². The normalized spacial score (nSPS) is 15.0. The fourth-order valence-electron chi connectivity index (χ4n) is 2.70. The summed E-state index contributed by atoms with van der Waals surface area (Å²) in [6.07, 6.45) is 0. The molecule has 1 aromatic heterocycles. The predicted molar refractivity (Wildman–Crippen MR) is 98.5 cm³/mol. The molecule has 6 nitrogen and oxygen atoms in total. The second-order valence-corrected chi connectivity index (χ2v) is 7.31. The van der Waals surface area contributed by atoms with Crippen LogP contribution in [-0.2, 0) is 4.79 Å². The minimum absolute atomic E-state index is 0.0413. The molecule has 0 unspecified atom stereocenters. The van der Waals surface area contributed by atoms with E-state index >= 15 is 0 Å². The Morgan fingerprint density at radius 1 is 1.27 bits per heavy atom. The van der Waals surface area contributed by atoms with Gasteiger partial charge in [0.2, 0.25) is 5.91 Å². The van der Waals surface area contributed by atoms with Crippen molar-refractivity contribution in [2.24, 2.45) is 0 Å². The lowest BCUT2D eigenvalue weighted by atomic mass is 10.2. The molecule has 0 bridgehead atoms. The second-order valence-electron chi connectivity index (χ2n) is 6.46. The van der Waals surface area contributed by atoms with Gasteiger partial charge in [-0.3, -0.25) is 9.59 Å². The number of hydrogen-bond donors (Lipinski definition) is 0. The molecule has 1 aliphatic heterocycles. The van der Waals surface area contributed by atoms with Gasteiger partial charge in [0.15, 0.2) is 0 Å². The highest BCUT2D eigenvalue weighted by Crippen LogP contribution is 2.24. The first-order chi connectivity index (χ1) is 12.4. The molecule has 2 amide bonds. The van der Waals surface area contributed by atoms with Crippen molar-refractivity contribution in [2.75, 3.05) is 46.8 Å². The zero-order chi connectivity index (χ0) is 18.7. The van der Waals surface area contributed by atoms with Gasteiger partial charge in [0, 0.05) is 37.1 Å². The first kappa shape index (κ1) is 18.5. The third-order valence-corrected chi connectivity index (χ3v) is 5.13. The van der Waals surface area contributed by atoms with Crippen LogP contribution < -0.4 is 0 Å². The van der Waals surface area contributed by atoms with Crippen LogP contribution in [0.5, 0.6) is 0 Å². The Morgan fingerprint density at radius 3 is 2.65 bits per heavy atom. The van der Waals surface area contributed by atoms with Crippen LogP contribution in [0.15, 0.2) is 29.6 Å². The largest absolute Gasteiger partial charge is 0.338 e. The van der Waals surface area contributed by atoms with Gasteiger partial charge in [-0.25, -0.2) is 9.37 Å². The second kappa shape index (κ2) is 7.92. The van der Waals surface area contributed by atoms with Crippen LogP contribution in [0, 0.1) is 5.82 Å². The minimum atomic E-state index is -0.313. The SMILES string of the molecule is CN(C)CCN1CCN(C(=O)c2csc(-c3ccc(F)cc3)n2)CC1=O. The molecule has 0 aliphatic carbocycles. The summed E-state index contributed by atoms with van der Waals surface area (Å²) in [5, 5.41) is 2.34. The fourth-order valence-corrected chi connectivity index (χ4v) is 3.50. The molecule has 0 N–H and O–H groups in total. The lowest BCUT2D eigenvalue weighted by Crippen LogP contribution is -2.53. The van der Waals surface area contributed by atoms with Crippen LogP contribution in [0.4, 0.5) is 4.39 Å². The number of likely N-dealkylation sites (N-methyl/N-ethyl adjacent to an activating group) is 1. The quantitative estimate of drug-likeness (QED) is 0.799. The summed E-state index contributed by atoms with van der Waals surface area (Å²) in [5.41, 5.74) is 1.09. The maximum atomic E-state index is 13.0. The number of hydrogen-bond acceptors (Lipinski definition) is 5. The summed E-state index contributed by atoms with van der Waals surface area (Å²) in [5.74, 6) is -0.595. The van der Waals surface area contributed by atoms with Gasteiger partial charge in [0.25, 0.3) is 5.91 Å². The van der Waals surface area contributed by atoms with Crippen molar-refractivity contribution >= 4 is 23.2 Å². The van der Waals surface area contributed by atoms with Crippen molar-refractivity contribution in [2.45, 2.75) is 0 Å². The zero-order valence-electron chi connectivity index (χ0n) is 14.8. The lowest BCUT2D eigenvalue weighted by molar-refractivity contribution is -0.135. The van der Waals surface area contributed by atoms with Gasteiger partial charge in [-0.15, -0.1) is 11.3 Å². The third-order valence-electron chi connectivity index (χ3n) is 4.24. The Balaban J connectivity index is 1.63. The van der Waals surface area contributed by atoms with Crippen molar-refractivity contribution in [3.8, 4) is 10.6 Å². The topological polar surface area (TPSA) is 56.8 Å². The van der Waals surface area contributed by atoms with Crippen LogP contribution in [0.1, 0.15) is 10.5 Å². The van der Waals surface area contributed by atoms with Crippen LogP contribution in [-0.4, -0.2) is 78.3 Å². The highest BCUT2D eigenvalue weighted by molar-refractivity contribution is 7.13. The van der Waals surface area contributed by atoms with E-state index in [1.54, 1.807) is 22.4 Å². The molecule has 1 fully saturated rings. The lowest BCUT2D eigenvalue weighted by Gasteiger charge is -2.34. The summed E-state index contributed by atoms with van der Waals surface area (Å²) in [7, 11) is 3.93. The predicted octanol–water partition coefficient (Wildman–Crippen LogP) is 1.80. The monoisotopic (exact) mass is 376 g/mol. The average Bonchev–Trinajstić information content (AvgIpc) is 3.10. The van der Waals surface area contributed by atoms with Crippen molar-refractivity contribution in [1.29, 1.82) is 0 Å². The first-order valence-electron chi connectivity index (χ1n) is 8.37. The van der Waals surface area contributed by atoms with Gasteiger partial charge >= 0.3 is 0 Å². The molecule has 3 rings (SSSR count). The van der Waals surface area contributed by atoms with Crippen LogP contribution in [0.2, 0.25) is 0 Å². The Bertz CT molecular complexity index is 791. The van der Waals surface area contributed by atoms with E-state index in [2.05, 4.69) is 4.98 Å². The smallest absolute Gasteiger partial charge is 0.273 e. The van der Waals surface area contributed by atoms with E-state index in [0.29, 0.717) is 30.3 Å². The van der Waals surface area contributed by atoms with Crippen LogP contribution >= 0.6 is 11.3 Å². The molecular weight excluding hydrogens is 355 g/mol. The Hall–Kier alpha value is -2.32. The Labute approximate surface area is 155 Å². The molecule has 0 spiro atoms. The van der Waals surface area contributed by atoms with Crippen molar-refractivity contribution < 1.29 is 14.0 Å². The Kier molecular flexibility index (Phi) is 5.63. The number of carbonyl (C=O) groups excluding carboxylic acids is 2. The summed E-state index contributed by atoms with van der Waals surface area (Å²) >= 11 is 1.33. The van der Waals surface area contributed by atoms with Gasteiger partial charge in [-0.2, -0.15) is 0 Å². The molecule has 138 valence electrons. The standard InChI is InChI=1S/C18H21FN4O2S/c1-21(2)7-8-22-9-10-23(11-16(22)24)18(25)15-12-26-17(20-15)13-3-5-14(19)6-4-13/h3-6,12H,7-11H2,1-2H3. The van der Waals surface area contributed by atoms with E-state index in [4.69, 9.17) is 0 Å². The fraction of sp³-hybridized carbons (Fsp3) is 0.389. The highest BCUT2D eigenvalue weighted by atomic mass is 32.1. The van der Waals surface area contributed by atoms with E-state index < -0.39 is 0 Å². The van der Waals surface area contributed by atoms with Crippen molar-refractivity contribution in [1.82, 2.24) is 19.7 Å². The number of aromatic nitrogens is 1. The number of amides is 2. The third kappa shape index (κ3) is 4.25. The van der Waals surface area contributed by atoms with Crippen LogP contribution in [0.3, 0.4) is 0 Å². The molecule has 0 saturated carbocycles. The highest BCUT2D eigenvalue weighted by Gasteiger charge is 2.28. The van der Waals surface area contributed by atoms with Crippen molar-refractivity contribution in [3.05, 3.63) is 41.2 Å². The number of halogens is 1. The summed E-state index contributed by atoms with van der Waals surface area (Å²) in [6.45, 7) is 2.58. The van der Waals surface area contributed by atoms with E-state index in [9.17, 15) is 14.0 Å².